The number of alkyl halides is 3. The maximum atomic E-state index is 12.9. The van der Waals surface area contributed by atoms with Gasteiger partial charge in [-0.1, -0.05) is 6.92 Å². The molecule has 1 aliphatic heterocycles. The Morgan fingerprint density at radius 3 is 2.33 bits per heavy atom. The molecule has 0 saturated carbocycles. The molecule has 1 saturated heterocycles. The van der Waals surface area contributed by atoms with Crippen LogP contribution in [-0.2, 0) is 9.59 Å². The average molecular weight is 267 g/mol. The van der Waals surface area contributed by atoms with Gasteiger partial charge in [0.1, 0.15) is 0 Å². The standard InChI is InChI=1S/C9H12F3N3O3/c1-3-4-5(16)13-8(9(10,11)12)6(17)15(2)7(18)14-8/h3-4H2,1-2H3,(H,13,16)(H,14,18). The van der Waals surface area contributed by atoms with Crippen molar-refractivity contribution in [2.45, 2.75) is 31.6 Å². The zero-order valence-corrected chi connectivity index (χ0v) is 9.72. The van der Waals surface area contributed by atoms with E-state index < -0.39 is 29.7 Å². The Morgan fingerprint density at radius 2 is 2.00 bits per heavy atom. The Bertz CT molecular complexity index is 396. The normalized spacial score (nSPS) is 24.2. The van der Waals surface area contributed by atoms with Crippen LogP contribution >= 0.6 is 0 Å². The number of carbonyl (C=O) groups is 3. The molecule has 1 unspecified atom stereocenters. The number of hydrogen-bond acceptors (Lipinski definition) is 3. The van der Waals surface area contributed by atoms with Crippen LogP contribution in [0.2, 0.25) is 0 Å². The fourth-order valence-electron chi connectivity index (χ4n) is 1.49. The van der Waals surface area contributed by atoms with E-state index in [2.05, 4.69) is 0 Å². The summed E-state index contributed by atoms with van der Waals surface area (Å²) < 4.78 is 38.8. The summed E-state index contributed by atoms with van der Waals surface area (Å²) in [6.07, 6.45) is -4.98. The molecule has 0 aromatic carbocycles. The molecule has 6 nitrogen and oxygen atoms in total. The number of hydrogen-bond donors (Lipinski definition) is 2. The summed E-state index contributed by atoms with van der Waals surface area (Å²) in [5.41, 5.74) is -3.36. The van der Waals surface area contributed by atoms with Gasteiger partial charge >= 0.3 is 12.2 Å². The van der Waals surface area contributed by atoms with Crippen molar-refractivity contribution in [3.63, 3.8) is 0 Å². The predicted molar refractivity (Wildman–Crippen MR) is 53.1 cm³/mol. The summed E-state index contributed by atoms with van der Waals surface area (Å²) in [7, 11) is 0.900. The van der Waals surface area contributed by atoms with Crippen molar-refractivity contribution in [1.29, 1.82) is 0 Å². The number of rotatable bonds is 3. The number of amides is 4. The van der Waals surface area contributed by atoms with E-state index in [1.54, 1.807) is 12.2 Å². The van der Waals surface area contributed by atoms with Gasteiger partial charge in [0.15, 0.2) is 0 Å². The van der Waals surface area contributed by atoms with E-state index in [1.807, 2.05) is 0 Å². The lowest BCUT2D eigenvalue weighted by atomic mass is 10.1. The lowest BCUT2D eigenvalue weighted by Gasteiger charge is -2.29. The van der Waals surface area contributed by atoms with Gasteiger partial charge in [-0.25, -0.2) is 4.79 Å². The number of carbonyl (C=O) groups excluding carboxylic acids is 3. The van der Waals surface area contributed by atoms with E-state index in [4.69, 9.17) is 0 Å². The highest BCUT2D eigenvalue weighted by atomic mass is 19.4. The van der Waals surface area contributed by atoms with E-state index >= 15 is 0 Å². The minimum atomic E-state index is -5.12. The first kappa shape index (κ1) is 14.3. The second-order valence-electron chi connectivity index (χ2n) is 3.84. The van der Waals surface area contributed by atoms with Crippen LogP contribution in [0, 0.1) is 0 Å². The van der Waals surface area contributed by atoms with Crippen molar-refractivity contribution in [2.24, 2.45) is 0 Å². The molecule has 18 heavy (non-hydrogen) atoms. The van der Waals surface area contributed by atoms with Crippen LogP contribution in [0.3, 0.4) is 0 Å². The van der Waals surface area contributed by atoms with Crippen LogP contribution in [0.1, 0.15) is 19.8 Å². The molecule has 0 spiro atoms. The molecular weight excluding hydrogens is 255 g/mol. The van der Waals surface area contributed by atoms with Crippen LogP contribution in [-0.4, -0.2) is 41.6 Å². The van der Waals surface area contributed by atoms with Gasteiger partial charge in [0.25, 0.3) is 11.6 Å². The zero-order valence-electron chi connectivity index (χ0n) is 9.72. The lowest BCUT2D eigenvalue weighted by molar-refractivity contribution is -0.203. The Hall–Kier alpha value is -1.80. The van der Waals surface area contributed by atoms with Gasteiger partial charge in [-0.15, -0.1) is 0 Å². The van der Waals surface area contributed by atoms with E-state index in [-0.39, 0.29) is 11.3 Å². The Labute approximate surface area is 100 Å². The first-order valence-corrected chi connectivity index (χ1v) is 5.13. The number of nitrogens with one attached hydrogen (secondary N) is 2. The molecule has 2 N–H and O–H groups in total. The third kappa shape index (κ3) is 2.12. The molecule has 9 heteroatoms. The largest absolute Gasteiger partial charge is 0.440 e. The lowest BCUT2D eigenvalue weighted by Crippen LogP contribution is -2.69. The fourth-order valence-corrected chi connectivity index (χ4v) is 1.49. The van der Waals surface area contributed by atoms with Crippen molar-refractivity contribution >= 4 is 17.8 Å². The monoisotopic (exact) mass is 267 g/mol. The van der Waals surface area contributed by atoms with Gasteiger partial charge in [-0.05, 0) is 6.42 Å². The summed E-state index contributed by atoms with van der Waals surface area (Å²) in [6.45, 7) is 1.60. The quantitative estimate of drug-likeness (QED) is 0.724. The van der Waals surface area contributed by atoms with Gasteiger partial charge in [0.05, 0.1) is 0 Å². The van der Waals surface area contributed by atoms with Gasteiger partial charge in [0.2, 0.25) is 5.91 Å². The van der Waals surface area contributed by atoms with Gasteiger partial charge in [-0.3, -0.25) is 19.8 Å². The van der Waals surface area contributed by atoms with Crippen LogP contribution in [0.25, 0.3) is 0 Å². The summed E-state index contributed by atoms with van der Waals surface area (Å²) in [5.74, 6) is -2.51. The van der Waals surface area contributed by atoms with E-state index in [1.165, 1.54) is 5.32 Å². The van der Waals surface area contributed by atoms with E-state index in [0.717, 1.165) is 7.05 Å². The molecule has 102 valence electrons. The van der Waals surface area contributed by atoms with E-state index in [9.17, 15) is 27.6 Å². The molecule has 1 atom stereocenters. The first-order valence-electron chi connectivity index (χ1n) is 5.13. The number of urea groups is 1. The summed E-state index contributed by atoms with van der Waals surface area (Å²) in [6, 6.07) is -1.21. The van der Waals surface area contributed by atoms with E-state index in [0.29, 0.717) is 6.42 Å². The molecule has 0 aliphatic carbocycles. The smallest absolute Gasteiger partial charge is 0.318 e. The van der Waals surface area contributed by atoms with Crippen molar-refractivity contribution in [3.8, 4) is 0 Å². The van der Waals surface area contributed by atoms with Gasteiger partial charge in [-0.2, -0.15) is 13.2 Å². The summed E-state index contributed by atoms with van der Waals surface area (Å²) >= 11 is 0. The molecule has 0 radical (unpaired) electrons. The van der Waals surface area contributed by atoms with Crippen molar-refractivity contribution in [1.82, 2.24) is 15.5 Å². The highest BCUT2D eigenvalue weighted by molar-refractivity contribution is 6.08. The number of likely N-dealkylation sites (N-methyl/N-ethyl adjacent to an activating group) is 1. The Balaban J connectivity index is 3.10. The number of imide groups is 1. The molecule has 0 bridgehead atoms. The highest BCUT2D eigenvalue weighted by Crippen LogP contribution is 2.33. The third-order valence-corrected chi connectivity index (χ3v) is 2.45. The molecule has 1 aliphatic rings. The number of nitrogens with zero attached hydrogens (tertiary/aromatic N) is 1. The predicted octanol–water partition coefficient (Wildman–Crippen LogP) is 0.343. The molecule has 0 aromatic rings. The van der Waals surface area contributed by atoms with Crippen LogP contribution < -0.4 is 10.6 Å². The minimum absolute atomic E-state index is 0.176. The Kier molecular flexibility index (Phi) is 3.54. The van der Waals surface area contributed by atoms with Crippen molar-refractivity contribution < 1.29 is 27.6 Å². The first-order chi connectivity index (χ1) is 8.15. The topological polar surface area (TPSA) is 78.5 Å². The SMILES string of the molecule is CCCC(=O)NC1(C(F)(F)F)NC(=O)N(C)C1=O. The highest BCUT2D eigenvalue weighted by Gasteiger charge is 2.68. The number of halogens is 3. The Morgan fingerprint density at radius 1 is 1.44 bits per heavy atom. The average Bonchev–Trinajstić information content (AvgIpc) is 2.43. The maximum Gasteiger partial charge on any atom is 0.440 e. The molecule has 1 rings (SSSR count). The molecule has 0 aromatic heterocycles. The van der Waals surface area contributed by atoms with Gasteiger partial charge in [0, 0.05) is 13.5 Å². The minimum Gasteiger partial charge on any atom is -0.318 e. The van der Waals surface area contributed by atoms with Crippen molar-refractivity contribution in [3.05, 3.63) is 0 Å². The maximum absolute atomic E-state index is 12.9. The third-order valence-electron chi connectivity index (χ3n) is 2.45. The molecule has 4 amide bonds. The van der Waals surface area contributed by atoms with Gasteiger partial charge < -0.3 is 5.32 Å². The molecule has 1 heterocycles. The van der Waals surface area contributed by atoms with Crippen LogP contribution in [0.4, 0.5) is 18.0 Å². The second-order valence-corrected chi connectivity index (χ2v) is 3.84. The molecular formula is C9H12F3N3O3. The zero-order chi connectivity index (χ0) is 14.1. The summed E-state index contributed by atoms with van der Waals surface area (Å²) in [5, 5.41) is 3.03. The molecule has 1 fully saturated rings. The van der Waals surface area contributed by atoms with Crippen molar-refractivity contribution in [2.75, 3.05) is 7.05 Å². The second kappa shape index (κ2) is 4.46. The fraction of sp³-hybridized carbons (Fsp3) is 0.667. The van der Waals surface area contributed by atoms with Crippen LogP contribution in [0.15, 0.2) is 0 Å². The summed E-state index contributed by atoms with van der Waals surface area (Å²) in [4.78, 5) is 34.2. The van der Waals surface area contributed by atoms with Crippen LogP contribution in [0.5, 0.6) is 0 Å².